The molecule has 0 spiro atoms. The molecule has 2 rings (SSSR count). The van der Waals surface area contributed by atoms with Crippen LogP contribution in [0.1, 0.15) is 5.56 Å². The lowest BCUT2D eigenvalue weighted by atomic mass is 10.1. The van der Waals surface area contributed by atoms with Crippen LogP contribution in [0.15, 0.2) is 54.6 Å². The van der Waals surface area contributed by atoms with E-state index in [9.17, 15) is 5.11 Å². The fourth-order valence-corrected chi connectivity index (χ4v) is 1.95. The number of hydrogen-bond donors (Lipinski definition) is 3. The molecule has 0 unspecified atom stereocenters. The van der Waals surface area contributed by atoms with Crippen molar-refractivity contribution in [1.29, 1.82) is 0 Å². The standard InChI is InChI=1S/C17H22N2O2/c18-15-8-6-14(7-9-15)10-11-19-12-16(20)13-21-17-4-2-1-3-5-17/h1-9,16,19-20H,10-13,18H2/t16-/m0/s1. The minimum Gasteiger partial charge on any atom is -0.491 e. The van der Waals surface area contributed by atoms with Crippen LogP contribution in [0.5, 0.6) is 5.75 Å². The van der Waals surface area contributed by atoms with Crippen LogP contribution in [-0.4, -0.2) is 30.9 Å². The number of benzene rings is 2. The van der Waals surface area contributed by atoms with E-state index in [4.69, 9.17) is 10.5 Å². The lowest BCUT2D eigenvalue weighted by Gasteiger charge is -2.13. The molecule has 0 heterocycles. The third-order valence-corrected chi connectivity index (χ3v) is 3.14. The Morgan fingerprint density at radius 1 is 1.05 bits per heavy atom. The van der Waals surface area contributed by atoms with Crippen LogP contribution in [0.4, 0.5) is 5.69 Å². The molecule has 4 N–H and O–H groups in total. The van der Waals surface area contributed by atoms with Gasteiger partial charge in [0.1, 0.15) is 18.5 Å². The van der Waals surface area contributed by atoms with Crippen LogP contribution >= 0.6 is 0 Å². The third-order valence-electron chi connectivity index (χ3n) is 3.14. The van der Waals surface area contributed by atoms with Crippen LogP contribution in [0, 0.1) is 0 Å². The number of anilines is 1. The van der Waals surface area contributed by atoms with E-state index in [1.165, 1.54) is 5.56 Å². The number of rotatable bonds is 8. The zero-order chi connectivity index (χ0) is 14.9. The normalized spacial score (nSPS) is 12.0. The quantitative estimate of drug-likeness (QED) is 0.512. The van der Waals surface area contributed by atoms with Gasteiger partial charge in [0.25, 0.3) is 0 Å². The highest BCUT2D eigenvalue weighted by Gasteiger charge is 2.04. The van der Waals surface area contributed by atoms with Crippen LogP contribution < -0.4 is 15.8 Å². The van der Waals surface area contributed by atoms with Crippen molar-refractivity contribution in [3.8, 4) is 5.75 Å². The van der Waals surface area contributed by atoms with Gasteiger partial charge in [-0.05, 0) is 42.8 Å². The number of aliphatic hydroxyl groups is 1. The van der Waals surface area contributed by atoms with Gasteiger partial charge < -0.3 is 20.9 Å². The molecule has 0 aliphatic carbocycles. The minimum atomic E-state index is -0.517. The molecule has 0 saturated heterocycles. The minimum absolute atomic E-state index is 0.291. The van der Waals surface area contributed by atoms with Crippen molar-refractivity contribution in [2.45, 2.75) is 12.5 Å². The number of nitrogen functional groups attached to an aromatic ring is 1. The number of hydrogen-bond acceptors (Lipinski definition) is 4. The van der Waals surface area contributed by atoms with Crippen molar-refractivity contribution in [2.24, 2.45) is 0 Å². The SMILES string of the molecule is Nc1ccc(CCNC[C@H](O)COc2ccccc2)cc1. The zero-order valence-electron chi connectivity index (χ0n) is 12.0. The first kappa shape index (κ1) is 15.4. The highest BCUT2D eigenvalue weighted by Crippen LogP contribution is 2.08. The predicted molar refractivity (Wildman–Crippen MR) is 85.4 cm³/mol. The Morgan fingerprint density at radius 3 is 2.48 bits per heavy atom. The van der Waals surface area contributed by atoms with Gasteiger partial charge in [0.15, 0.2) is 0 Å². The summed E-state index contributed by atoms with van der Waals surface area (Å²) in [7, 11) is 0. The molecule has 0 aliphatic heterocycles. The van der Waals surface area contributed by atoms with Gasteiger partial charge in [-0.1, -0.05) is 30.3 Å². The number of nitrogens with one attached hydrogen (secondary N) is 1. The van der Waals surface area contributed by atoms with Gasteiger partial charge in [0, 0.05) is 12.2 Å². The second-order valence-corrected chi connectivity index (χ2v) is 4.97. The molecule has 0 aliphatic rings. The number of nitrogens with two attached hydrogens (primary N) is 1. The van der Waals surface area contributed by atoms with Crippen molar-refractivity contribution < 1.29 is 9.84 Å². The Balaban J connectivity index is 1.59. The van der Waals surface area contributed by atoms with Crippen LogP contribution in [0.25, 0.3) is 0 Å². The van der Waals surface area contributed by atoms with Crippen molar-refractivity contribution in [3.63, 3.8) is 0 Å². The largest absolute Gasteiger partial charge is 0.491 e. The molecule has 0 saturated carbocycles. The zero-order valence-corrected chi connectivity index (χ0v) is 12.0. The first-order chi connectivity index (χ1) is 10.2. The molecule has 0 amide bonds. The molecular formula is C17H22N2O2. The van der Waals surface area contributed by atoms with Crippen molar-refractivity contribution in [1.82, 2.24) is 5.32 Å². The van der Waals surface area contributed by atoms with Crippen LogP contribution in [0.3, 0.4) is 0 Å². The monoisotopic (exact) mass is 286 g/mol. The Labute approximate surface area is 125 Å². The molecule has 0 fully saturated rings. The third kappa shape index (κ3) is 5.85. The van der Waals surface area contributed by atoms with E-state index in [-0.39, 0.29) is 0 Å². The summed E-state index contributed by atoms with van der Waals surface area (Å²) in [6, 6.07) is 17.3. The summed E-state index contributed by atoms with van der Waals surface area (Å²) in [4.78, 5) is 0. The maximum absolute atomic E-state index is 9.84. The fourth-order valence-electron chi connectivity index (χ4n) is 1.95. The maximum Gasteiger partial charge on any atom is 0.119 e. The molecule has 21 heavy (non-hydrogen) atoms. The van der Waals surface area contributed by atoms with Gasteiger partial charge in [-0.25, -0.2) is 0 Å². The average molecular weight is 286 g/mol. The molecule has 0 bridgehead atoms. The van der Waals surface area contributed by atoms with Gasteiger partial charge >= 0.3 is 0 Å². The molecule has 2 aromatic carbocycles. The van der Waals surface area contributed by atoms with E-state index in [0.717, 1.165) is 24.4 Å². The van der Waals surface area contributed by atoms with E-state index < -0.39 is 6.10 Å². The second kappa shape index (κ2) is 8.29. The highest BCUT2D eigenvalue weighted by atomic mass is 16.5. The Bertz CT molecular complexity index is 514. The molecular weight excluding hydrogens is 264 g/mol. The topological polar surface area (TPSA) is 67.5 Å². The number of ether oxygens (including phenoxy) is 1. The summed E-state index contributed by atoms with van der Waals surface area (Å²) in [6.07, 6.45) is 0.392. The first-order valence-electron chi connectivity index (χ1n) is 7.15. The summed E-state index contributed by atoms with van der Waals surface area (Å²) in [5, 5.41) is 13.1. The smallest absolute Gasteiger partial charge is 0.119 e. The molecule has 4 heteroatoms. The van der Waals surface area contributed by atoms with Gasteiger partial charge in [0.2, 0.25) is 0 Å². The molecule has 0 radical (unpaired) electrons. The summed E-state index contributed by atoms with van der Waals surface area (Å²) < 4.78 is 5.49. The Hall–Kier alpha value is -2.04. The van der Waals surface area contributed by atoms with Gasteiger partial charge in [-0.3, -0.25) is 0 Å². The van der Waals surface area contributed by atoms with Crippen molar-refractivity contribution in [3.05, 3.63) is 60.2 Å². The van der Waals surface area contributed by atoms with E-state index in [2.05, 4.69) is 5.32 Å². The van der Waals surface area contributed by atoms with Gasteiger partial charge in [0.05, 0.1) is 0 Å². The molecule has 4 nitrogen and oxygen atoms in total. The molecule has 112 valence electrons. The Kier molecular flexibility index (Phi) is 6.06. The van der Waals surface area contributed by atoms with E-state index in [0.29, 0.717) is 13.2 Å². The van der Waals surface area contributed by atoms with E-state index >= 15 is 0 Å². The number of aliphatic hydroxyl groups excluding tert-OH is 1. The Morgan fingerprint density at radius 2 is 1.76 bits per heavy atom. The van der Waals surface area contributed by atoms with Crippen molar-refractivity contribution in [2.75, 3.05) is 25.4 Å². The lowest BCUT2D eigenvalue weighted by molar-refractivity contribution is 0.106. The van der Waals surface area contributed by atoms with Crippen LogP contribution in [-0.2, 0) is 6.42 Å². The second-order valence-electron chi connectivity index (χ2n) is 4.97. The lowest BCUT2D eigenvalue weighted by Crippen LogP contribution is -2.32. The summed E-state index contributed by atoms with van der Waals surface area (Å²) in [6.45, 7) is 1.62. The maximum atomic E-state index is 9.84. The van der Waals surface area contributed by atoms with Crippen molar-refractivity contribution >= 4 is 5.69 Å². The summed E-state index contributed by atoms with van der Waals surface area (Å²) >= 11 is 0. The predicted octanol–water partition coefficient (Wildman–Crippen LogP) is 1.84. The fraction of sp³-hybridized carbons (Fsp3) is 0.294. The first-order valence-corrected chi connectivity index (χ1v) is 7.15. The highest BCUT2D eigenvalue weighted by molar-refractivity contribution is 5.39. The van der Waals surface area contributed by atoms with Crippen LogP contribution in [0.2, 0.25) is 0 Å². The molecule has 1 atom stereocenters. The van der Waals surface area contributed by atoms with Gasteiger partial charge in [-0.15, -0.1) is 0 Å². The molecule has 2 aromatic rings. The summed E-state index contributed by atoms with van der Waals surface area (Å²) in [5.74, 6) is 0.776. The average Bonchev–Trinajstić information content (AvgIpc) is 2.52. The van der Waals surface area contributed by atoms with E-state index in [1.807, 2.05) is 54.6 Å². The number of para-hydroxylation sites is 1. The molecule has 0 aromatic heterocycles. The van der Waals surface area contributed by atoms with E-state index in [1.54, 1.807) is 0 Å². The van der Waals surface area contributed by atoms with Gasteiger partial charge in [-0.2, -0.15) is 0 Å². The summed E-state index contributed by atoms with van der Waals surface area (Å²) in [5.41, 5.74) is 7.65.